The quantitative estimate of drug-likeness (QED) is 0.712. The summed E-state index contributed by atoms with van der Waals surface area (Å²) in [5.74, 6) is -0.449. The summed E-state index contributed by atoms with van der Waals surface area (Å²) in [7, 11) is 0. The molecule has 16 heavy (non-hydrogen) atoms. The maximum Gasteiger partial charge on any atom is 0.360 e. The SMILES string of the molecule is CCCc1c(C(=O)OCC)nnn1CCO. The first-order chi connectivity index (χ1) is 7.74. The van der Waals surface area contributed by atoms with Crippen LogP contribution in [0.3, 0.4) is 0 Å². The van der Waals surface area contributed by atoms with E-state index in [2.05, 4.69) is 10.3 Å². The smallest absolute Gasteiger partial charge is 0.360 e. The highest BCUT2D eigenvalue weighted by molar-refractivity contribution is 5.88. The van der Waals surface area contributed by atoms with E-state index >= 15 is 0 Å². The van der Waals surface area contributed by atoms with E-state index in [-0.39, 0.29) is 12.3 Å². The third kappa shape index (κ3) is 2.79. The van der Waals surface area contributed by atoms with Crippen molar-refractivity contribution in [2.45, 2.75) is 33.2 Å². The van der Waals surface area contributed by atoms with Gasteiger partial charge < -0.3 is 9.84 Å². The first-order valence-electron chi connectivity index (χ1n) is 5.44. The van der Waals surface area contributed by atoms with E-state index in [0.29, 0.717) is 19.6 Å². The molecule has 6 nitrogen and oxygen atoms in total. The summed E-state index contributed by atoms with van der Waals surface area (Å²) in [6.07, 6.45) is 1.58. The van der Waals surface area contributed by atoms with Gasteiger partial charge in [0, 0.05) is 0 Å². The minimum Gasteiger partial charge on any atom is -0.461 e. The summed E-state index contributed by atoms with van der Waals surface area (Å²) >= 11 is 0. The van der Waals surface area contributed by atoms with Crippen LogP contribution in [0.2, 0.25) is 0 Å². The number of aliphatic hydroxyl groups excluding tert-OH is 1. The molecule has 0 aliphatic heterocycles. The fourth-order valence-electron chi connectivity index (χ4n) is 1.45. The molecule has 0 atom stereocenters. The topological polar surface area (TPSA) is 77.2 Å². The molecule has 1 rings (SSSR count). The minimum atomic E-state index is -0.449. The molecule has 0 radical (unpaired) electrons. The Labute approximate surface area is 94.2 Å². The first-order valence-corrected chi connectivity index (χ1v) is 5.44. The van der Waals surface area contributed by atoms with E-state index < -0.39 is 5.97 Å². The van der Waals surface area contributed by atoms with Crippen LogP contribution in [0.4, 0.5) is 0 Å². The van der Waals surface area contributed by atoms with Gasteiger partial charge in [-0.2, -0.15) is 0 Å². The lowest BCUT2D eigenvalue weighted by molar-refractivity contribution is 0.0518. The van der Waals surface area contributed by atoms with Gasteiger partial charge in [-0.25, -0.2) is 9.48 Å². The van der Waals surface area contributed by atoms with E-state index in [9.17, 15) is 4.79 Å². The van der Waals surface area contributed by atoms with Gasteiger partial charge in [0.2, 0.25) is 0 Å². The molecule has 0 spiro atoms. The summed E-state index contributed by atoms with van der Waals surface area (Å²) in [5, 5.41) is 16.5. The van der Waals surface area contributed by atoms with Crippen LogP contribution in [0.25, 0.3) is 0 Å². The molecule has 1 aromatic rings. The van der Waals surface area contributed by atoms with E-state index in [4.69, 9.17) is 9.84 Å². The van der Waals surface area contributed by atoms with Gasteiger partial charge in [-0.1, -0.05) is 18.6 Å². The predicted octanol–water partition coefficient (Wildman–Crippen LogP) is 0.400. The molecule has 0 bridgehead atoms. The fraction of sp³-hybridized carbons (Fsp3) is 0.700. The number of carbonyl (C=O) groups is 1. The van der Waals surface area contributed by atoms with Gasteiger partial charge in [0.1, 0.15) is 0 Å². The minimum absolute atomic E-state index is 0.0255. The Morgan fingerprint density at radius 2 is 2.25 bits per heavy atom. The van der Waals surface area contributed by atoms with Gasteiger partial charge in [-0.15, -0.1) is 5.10 Å². The summed E-state index contributed by atoms with van der Waals surface area (Å²) in [5.41, 5.74) is 0.993. The number of rotatable bonds is 6. The molecule has 1 heterocycles. The Morgan fingerprint density at radius 1 is 1.50 bits per heavy atom. The zero-order valence-corrected chi connectivity index (χ0v) is 9.64. The lowest BCUT2D eigenvalue weighted by Gasteiger charge is -2.04. The molecule has 0 unspecified atom stereocenters. The lowest BCUT2D eigenvalue weighted by atomic mass is 10.2. The van der Waals surface area contributed by atoms with E-state index in [1.165, 1.54) is 0 Å². The van der Waals surface area contributed by atoms with Crippen LogP contribution in [-0.4, -0.2) is 39.3 Å². The monoisotopic (exact) mass is 227 g/mol. The standard InChI is InChI=1S/C10H17N3O3/c1-3-5-8-9(10(15)16-4-2)11-12-13(8)6-7-14/h14H,3-7H2,1-2H3. The van der Waals surface area contributed by atoms with Crippen LogP contribution in [0.15, 0.2) is 0 Å². The maximum absolute atomic E-state index is 11.6. The van der Waals surface area contributed by atoms with E-state index in [1.54, 1.807) is 11.6 Å². The molecule has 0 saturated carbocycles. The average Bonchev–Trinajstić information content (AvgIpc) is 2.64. The molecule has 0 aliphatic rings. The summed E-state index contributed by atoms with van der Waals surface area (Å²) in [6.45, 7) is 4.39. The van der Waals surface area contributed by atoms with E-state index in [1.807, 2.05) is 6.92 Å². The average molecular weight is 227 g/mol. The Bertz CT molecular complexity index is 349. The largest absolute Gasteiger partial charge is 0.461 e. The van der Waals surface area contributed by atoms with Crippen molar-refractivity contribution >= 4 is 5.97 Å². The van der Waals surface area contributed by atoms with Crippen molar-refractivity contribution in [3.63, 3.8) is 0 Å². The molecule has 0 aliphatic carbocycles. The molecule has 6 heteroatoms. The summed E-state index contributed by atoms with van der Waals surface area (Å²) in [4.78, 5) is 11.6. The van der Waals surface area contributed by atoms with Crippen LogP contribution in [0.1, 0.15) is 36.5 Å². The summed E-state index contributed by atoms with van der Waals surface area (Å²) in [6, 6.07) is 0. The predicted molar refractivity (Wildman–Crippen MR) is 57.1 cm³/mol. The number of carbonyl (C=O) groups excluding carboxylic acids is 1. The lowest BCUT2D eigenvalue weighted by Crippen LogP contribution is -2.12. The highest BCUT2D eigenvalue weighted by Gasteiger charge is 2.19. The van der Waals surface area contributed by atoms with Gasteiger partial charge in [0.25, 0.3) is 0 Å². The van der Waals surface area contributed by atoms with Crippen molar-refractivity contribution in [2.75, 3.05) is 13.2 Å². The van der Waals surface area contributed by atoms with Crippen LogP contribution in [0.5, 0.6) is 0 Å². The molecule has 0 amide bonds. The Hall–Kier alpha value is -1.43. The molecular weight excluding hydrogens is 210 g/mol. The number of aromatic nitrogens is 3. The van der Waals surface area contributed by atoms with Gasteiger partial charge in [-0.3, -0.25) is 0 Å². The first kappa shape index (κ1) is 12.6. The van der Waals surface area contributed by atoms with Crippen molar-refractivity contribution in [1.29, 1.82) is 0 Å². The number of hydrogen-bond donors (Lipinski definition) is 1. The van der Waals surface area contributed by atoms with Crippen LogP contribution in [-0.2, 0) is 17.7 Å². The van der Waals surface area contributed by atoms with Crippen molar-refractivity contribution in [1.82, 2.24) is 15.0 Å². The third-order valence-electron chi connectivity index (χ3n) is 2.10. The number of hydrogen-bond acceptors (Lipinski definition) is 5. The van der Waals surface area contributed by atoms with Gasteiger partial charge in [-0.05, 0) is 13.3 Å². The molecule has 0 saturated heterocycles. The molecule has 0 fully saturated rings. The number of ether oxygens (including phenoxy) is 1. The van der Waals surface area contributed by atoms with Crippen LogP contribution in [0, 0.1) is 0 Å². The van der Waals surface area contributed by atoms with Crippen molar-refractivity contribution in [3.8, 4) is 0 Å². The third-order valence-corrected chi connectivity index (χ3v) is 2.10. The second-order valence-electron chi connectivity index (χ2n) is 3.30. The van der Waals surface area contributed by atoms with E-state index in [0.717, 1.165) is 12.1 Å². The molecular formula is C10H17N3O3. The highest BCUT2D eigenvalue weighted by atomic mass is 16.5. The van der Waals surface area contributed by atoms with Gasteiger partial charge in [0.15, 0.2) is 5.69 Å². The maximum atomic E-state index is 11.6. The molecule has 0 aromatic carbocycles. The Morgan fingerprint density at radius 3 is 2.81 bits per heavy atom. The van der Waals surface area contributed by atoms with Crippen LogP contribution < -0.4 is 0 Å². The zero-order valence-electron chi connectivity index (χ0n) is 9.64. The van der Waals surface area contributed by atoms with Gasteiger partial charge in [0.05, 0.1) is 25.5 Å². The highest BCUT2D eigenvalue weighted by Crippen LogP contribution is 2.09. The number of esters is 1. The second kappa shape index (κ2) is 6.22. The van der Waals surface area contributed by atoms with Crippen molar-refractivity contribution in [2.24, 2.45) is 0 Å². The van der Waals surface area contributed by atoms with Crippen molar-refractivity contribution < 1.29 is 14.6 Å². The normalized spacial score (nSPS) is 10.4. The van der Waals surface area contributed by atoms with Crippen LogP contribution >= 0.6 is 0 Å². The Balaban J connectivity index is 2.94. The molecule has 1 aromatic heterocycles. The second-order valence-corrected chi connectivity index (χ2v) is 3.30. The van der Waals surface area contributed by atoms with Crippen molar-refractivity contribution in [3.05, 3.63) is 11.4 Å². The summed E-state index contributed by atoms with van der Waals surface area (Å²) < 4.78 is 6.44. The molecule has 1 N–H and O–H groups in total. The number of aliphatic hydroxyl groups is 1. The zero-order chi connectivity index (χ0) is 12.0. The molecule has 90 valence electrons. The van der Waals surface area contributed by atoms with Gasteiger partial charge >= 0.3 is 5.97 Å². The fourth-order valence-corrected chi connectivity index (χ4v) is 1.45. The Kier molecular flexibility index (Phi) is 4.91. The number of nitrogens with zero attached hydrogens (tertiary/aromatic N) is 3.